The van der Waals surface area contributed by atoms with Gasteiger partial charge in [0.2, 0.25) is 0 Å². The number of benzene rings is 4. The van der Waals surface area contributed by atoms with E-state index < -0.39 is 40.9 Å². The molecule has 5 aromatic rings. The van der Waals surface area contributed by atoms with E-state index in [0.29, 0.717) is 34.8 Å². The predicted octanol–water partition coefficient (Wildman–Crippen LogP) is 8.55. The summed E-state index contributed by atoms with van der Waals surface area (Å²) < 4.78 is 87.1. The number of rotatable bonds is 8. The molecule has 246 valence electrons. The highest BCUT2D eigenvalue weighted by molar-refractivity contribution is 6.29. The topological polar surface area (TPSA) is 85.2 Å². The summed E-state index contributed by atoms with van der Waals surface area (Å²) in [5.74, 6) is -1.65. The first-order valence-corrected chi connectivity index (χ1v) is 14.2. The molecule has 13 heteroatoms. The number of carbonyl (C=O) groups is 2. The number of halogens is 6. The minimum absolute atomic E-state index is 0.247. The number of amides is 2. The third kappa shape index (κ3) is 7.74. The van der Waals surface area contributed by atoms with E-state index in [9.17, 15) is 35.9 Å². The maximum atomic E-state index is 13.7. The maximum absolute atomic E-state index is 13.7. The molecule has 0 spiro atoms. The first kappa shape index (κ1) is 33.5. The second kappa shape index (κ2) is 13.5. The van der Waals surface area contributed by atoms with Gasteiger partial charge in [0.25, 0.3) is 11.8 Å². The van der Waals surface area contributed by atoms with Gasteiger partial charge in [-0.15, -0.1) is 0 Å². The van der Waals surface area contributed by atoms with E-state index in [0.717, 1.165) is 29.8 Å². The van der Waals surface area contributed by atoms with Gasteiger partial charge >= 0.3 is 12.4 Å². The second-order valence-electron chi connectivity index (χ2n) is 10.5. The van der Waals surface area contributed by atoms with Crippen LogP contribution in [-0.2, 0) is 21.9 Å². The van der Waals surface area contributed by atoms with Gasteiger partial charge in [0.05, 0.1) is 29.6 Å². The Morgan fingerprint density at radius 3 is 1.81 bits per heavy atom. The van der Waals surface area contributed by atoms with Gasteiger partial charge in [-0.3, -0.25) is 9.59 Å². The zero-order valence-corrected chi connectivity index (χ0v) is 25.3. The highest BCUT2D eigenvalue weighted by atomic mass is 19.4. The number of hydrogen-bond acceptors (Lipinski definition) is 4. The molecule has 1 heterocycles. The first-order valence-electron chi connectivity index (χ1n) is 14.2. The van der Waals surface area contributed by atoms with Crippen LogP contribution in [0.1, 0.15) is 22.3 Å². The molecule has 1 aromatic heterocycles. The van der Waals surface area contributed by atoms with Crippen molar-refractivity contribution in [1.29, 1.82) is 0 Å². The summed E-state index contributed by atoms with van der Waals surface area (Å²) >= 11 is 0. The average molecular weight is 665 g/mol. The molecule has 0 aliphatic rings. The second-order valence-corrected chi connectivity index (χ2v) is 10.5. The molecule has 0 fully saturated rings. The molecule has 4 aromatic carbocycles. The van der Waals surface area contributed by atoms with Crippen LogP contribution in [0.25, 0.3) is 23.0 Å². The molecule has 2 N–H and O–H groups in total. The van der Waals surface area contributed by atoms with Crippen molar-refractivity contribution in [1.82, 2.24) is 9.78 Å². The van der Waals surface area contributed by atoms with E-state index in [1.54, 1.807) is 54.7 Å². The first-order chi connectivity index (χ1) is 22.7. The van der Waals surface area contributed by atoms with Gasteiger partial charge < -0.3 is 15.4 Å². The quantitative estimate of drug-likeness (QED) is 0.0754. The van der Waals surface area contributed by atoms with Crippen molar-refractivity contribution < 1.29 is 40.7 Å². The Labute approximate surface area is 270 Å². The number of aromatic nitrogens is 2. The van der Waals surface area contributed by atoms with Crippen molar-refractivity contribution in [2.75, 3.05) is 17.7 Å². The molecule has 2 amide bonds. The Morgan fingerprint density at radius 2 is 1.31 bits per heavy atom. The molecule has 48 heavy (non-hydrogen) atoms. The summed E-state index contributed by atoms with van der Waals surface area (Å²) in [5.41, 5.74) is -0.707. The Balaban J connectivity index is 1.63. The number of nitrogens with zero attached hydrogens (tertiary/aromatic N) is 2. The van der Waals surface area contributed by atoms with Gasteiger partial charge in [-0.25, -0.2) is 4.68 Å². The molecule has 0 aliphatic carbocycles. The molecular weight excluding hydrogens is 638 g/mol. The molecule has 0 bridgehead atoms. The van der Waals surface area contributed by atoms with E-state index in [1.165, 1.54) is 30.0 Å². The molecule has 0 atom stereocenters. The van der Waals surface area contributed by atoms with Crippen LogP contribution in [0.4, 0.5) is 37.7 Å². The number of nitrogens with one attached hydrogen (secondary N) is 2. The Hall–Kier alpha value is -5.85. The van der Waals surface area contributed by atoms with Crippen LogP contribution in [0.2, 0.25) is 0 Å². The number of para-hydroxylation sites is 1. The van der Waals surface area contributed by atoms with Crippen LogP contribution in [0, 0.1) is 6.92 Å². The standard InChI is InChI=1S/C35H26F6N4O3/c1-21-16-22(14-15-30(21)48-2)31-23(20-45(44-31)28-12-4-3-5-13-28)17-29(32(46)42-26-10-6-8-24(18-26)34(36,37)38)33(47)43-27-11-7-9-25(19-27)35(39,40)41/h3-20H,1-2H3,(H,42,46)(H,43,47). The Morgan fingerprint density at radius 1 is 0.750 bits per heavy atom. The van der Waals surface area contributed by atoms with E-state index in [4.69, 9.17) is 4.74 Å². The lowest BCUT2D eigenvalue weighted by Gasteiger charge is -2.13. The lowest BCUT2D eigenvalue weighted by molar-refractivity contribution is -0.138. The zero-order valence-electron chi connectivity index (χ0n) is 25.3. The normalized spacial score (nSPS) is 11.5. The summed E-state index contributed by atoms with van der Waals surface area (Å²) in [7, 11) is 1.51. The molecule has 0 saturated carbocycles. The summed E-state index contributed by atoms with van der Waals surface area (Å²) in [4.78, 5) is 27.3. The third-order valence-electron chi connectivity index (χ3n) is 7.12. The highest BCUT2D eigenvalue weighted by Gasteiger charge is 2.32. The van der Waals surface area contributed by atoms with Crippen LogP contribution in [0.3, 0.4) is 0 Å². The molecular formula is C35H26F6N4O3. The number of carbonyl (C=O) groups excluding carboxylic acids is 2. The van der Waals surface area contributed by atoms with Gasteiger partial charge in [0.15, 0.2) is 0 Å². The minimum atomic E-state index is -4.71. The van der Waals surface area contributed by atoms with Gasteiger partial charge in [-0.05, 0) is 85.3 Å². The van der Waals surface area contributed by atoms with Gasteiger partial charge in [0, 0.05) is 28.7 Å². The summed E-state index contributed by atoms with van der Waals surface area (Å²) in [5, 5.41) is 9.30. The van der Waals surface area contributed by atoms with Crippen LogP contribution in [0.15, 0.2) is 109 Å². The Bertz CT molecular complexity index is 1930. The molecule has 0 saturated heterocycles. The van der Waals surface area contributed by atoms with Crippen molar-refractivity contribution in [3.63, 3.8) is 0 Å². The molecule has 5 rings (SSSR count). The number of alkyl halides is 6. The van der Waals surface area contributed by atoms with Gasteiger partial charge in [-0.2, -0.15) is 31.4 Å². The number of aryl methyl sites for hydroxylation is 1. The van der Waals surface area contributed by atoms with Crippen LogP contribution in [-0.4, -0.2) is 28.7 Å². The van der Waals surface area contributed by atoms with Crippen molar-refractivity contribution >= 4 is 29.3 Å². The number of hydrogen-bond donors (Lipinski definition) is 2. The van der Waals surface area contributed by atoms with Crippen molar-refractivity contribution in [3.8, 4) is 22.7 Å². The van der Waals surface area contributed by atoms with Crippen LogP contribution < -0.4 is 15.4 Å². The van der Waals surface area contributed by atoms with E-state index in [-0.39, 0.29) is 16.9 Å². The summed E-state index contributed by atoms with van der Waals surface area (Å²) in [6.45, 7) is 1.81. The lowest BCUT2D eigenvalue weighted by Crippen LogP contribution is -2.25. The van der Waals surface area contributed by atoms with E-state index >= 15 is 0 Å². The molecule has 7 nitrogen and oxygen atoms in total. The number of anilines is 2. The molecule has 0 aliphatic heterocycles. The number of ether oxygens (including phenoxy) is 1. The fraction of sp³-hybridized carbons (Fsp3) is 0.114. The average Bonchev–Trinajstić information content (AvgIpc) is 3.47. The molecule has 0 unspecified atom stereocenters. The predicted molar refractivity (Wildman–Crippen MR) is 168 cm³/mol. The van der Waals surface area contributed by atoms with Crippen LogP contribution >= 0.6 is 0 Å². The van der Waals surface area contributed by atoms with Crippen molar-refractivity contribution in [2.45, 2.75) is 19.3 Å². The van der Waals surface area contributed by atoms with E-state index in [1.807, 2.05) is 6.92 Å². The van der Waals surface area contributed by atoms with E-state index in [2.05, 4.69) is 15.7 Å². The van der Waals surface area contributed by atoms with Crippen molar-refractivity contribution in [2.24, 2.45) is 0 Å². The molecule has 0 radical (unpaired) electrons. The largest absolute Gasteiger partial charge is 0.496 e. The maximum Gasteiger partial charge on any atom is 0.416 e. The summed E-state index contributed by atoms with van der Waals surface area (Å²) in [6, 6.07) is 21.7. The minimum Gasteiger partial charge on any atom is -0.496 e. The summed E-state index contributed by atoms with van der Waals surface area (Å²) in [6.07, 6.45) is -6.71. The fourth-order valence-electron chi connectivity index (χ4n) is 4.79. The lowest BCUT2D eigenvalue weighted by atomic mass is 10.0. The highest BCUT2D eigenvalue weighted by Crippen LogP contribution is 2.33. The SMILES string of the molecule is COc1ccc(-c2nn(-c3ccccc3)cc2C=C(C(=O)Nc2cccc(C(F)(F)F)c2)C(=O)Nc2cccc(C(F)(F)F)c2)cc1C. The fourth-order valence-corrected chi connectivity index (χ4v) is 4.79. The zero-order chi connectivity index (χ0) is 34.6. The van der Waals surface area contributed by atoms with Crippen LogP contribution in [0.5, 0.6) is 5.75 Å². The van der Waals surface area contributed by atoms with Gasteiger partial charge in [0.1, 0.15) is 11.3 Å². The smallest absolute Gasteiger partial charge is 0.416 e. The number of methoxy groups -OCH3 is 1. The van der Waals surface area contributed by atoms with Crippen molar-refractivity contribution in [3.05, 3.63) is 131 Å². The Kier molecular flexibility index (Phi) is 9.41. The van der Waals surface area contributed by atoms with Gasteiger partial charge in [-0.1, -0.05) is 30.3 Å². The third-order valence-corrected chi connectivity index (χ3v) is 7.12. The monoisotopic (exact) mass is 664 g/mol.